The van der Waals surface area contributed by atoms with Gasteiger partial charge in [-0.3, -0.25) is 0 Å². The fraction of sp³-hybridized carbons (Fsp3) is 0.467. The molecule has 0 bridgehead atoms. The Morgan fingerprint density at radius 1 is 1.29 bits per heavy atom. The van der Waals surface area contributed by atoms with Crippen LogP contribution < -0.4 is 10.6 Å². The van der Waals surface area contributed by atoms with Crippen LogP contribution in [0.1, 0.15) is 43.3 Å². The summed E-state index contributed by atoms with van der Waals surface area (Å²) >= 11 is 3.56. The number of nitrogens with zero attached hydrogens (tertiary/aromatic N) is 2. The summed E-state index contributed by atoms with van der Waals surface area (Å²) < 4.78 is 6.65. The second-order valence-electron chi connectivity index (χ2n) is 5.18. The molecule has 0 aliphatic rings. The average Bonchev–Trinajstić information content (AvgIpc) is 2.89. The highest BCUT2D eigenvalue weighted by Crippen LogP contribution is 2.30. The van der Waals surface area contributed by atoms with Crippen LogP contribution in [0.4, 0.5) is 11.7 Å². The molecule has 5 nitrogen and oxygen atoms in total. The van der Waals surface area contributed by atoms with Gasteiger partial charge in [0.1, 0.15) is 0 Å². The van der Waals surface area contributed by atoms with Crippen molar-refractivity contribution in [2.75, 3.05) is 11.9 Å². The summed E-state index contributed by atoms with van der Waals surface area (Å²) in [4.78, 5) is 0. The largest absolute Gasteiger partial charge is 0.406 e. The van der Waals surface area contributed by atoms with E-state index in [-0.39, 0.29) is 6.04 Å². The highest BCUT2D eigenvalue weighted by Gasteiger charge is 2.14. The maximum atomic E-state index is 5.67. The molecule has 2 N–H and O–H groups in total. The van der Waals surface area contributed by atoms with E-state index in [1.165, 1.54) is 5.56 Å². The van der Waals surface area contributed by atoms with E-state index in [9.17, 15) is 0 Å². The van der Waals surface area contributed by atoms with Gasteiger partial charge in [0, 0.05) is 4.47 Å². The van der Waals surface area contributed by atoms with E-state index >= 15 is 0 Å². The first kappa shape index (κ1) is 16.0. The van der Waals surface area contributed by atoms with Gasteiger partial charge in [-0.15, -0.1) is 5.10 Å². The molecule has 0 amide bonds. The lowest BCUT2D eigenvalue weighted by Gasteiger charge is -2.10. The number of hydrogen-bond donors (Lipinski definition) is 2. The summed E-state index contributed by atoms with van der Waals surface area (Å²) in [5.74, 6) is 0.590. The van der Waals surface area contributed by atoms with Crippen LogP contribution in [-0.2, 0) is 0 Å². The first-order chi connectivity index (χ1) is 10.0. The van der Waals surface area contributed by atoms with Gasteiger partial charge in [0.15, 0.2) is 0 Å². The predicted molar refractivity (Wildman–Crippen MR) is 87.9 cm³/mol. The van der Waals surface area contributed by atoms with E-state index in [1.54, 1.807) is 0 Å². The summed E-state index contributed by atoms with van der Waals surface area (Å²) in [6.07, 6.45) is 1.07. The van der Waals surface area contributed by atoms with E-state index in [2.05, 4.69) is 62.7 Å². The first-order valence-corrected chi connectivity index (χ1v) is 7.91. The zero-order valence-corrected chi connectivity index (χ0v) is 14.4. The van der Waals surface area contributed by atoms with Crippen LogP contribution in [0.2, 0.25) is 0 Å². The molecule has 6 heteroatoms. The van der Waals surface area contributed by atoms with Crippen molar-refractivity contribution < 1.29 is 4.42 Å². The topological polar surface area (TPSA) is 63.0 Å². The molecule has 0 aliphatic heterocycles. The third-order valence-electron chi connectivity index (χ3n) is 3.18. The molecule has 1 aromatic carbocycles. The maximum Gasteiger partial charge on any atom is 0.320 e. The van der Waals surface area contributed by atoms with Crippen LogP contribution in [-0.4, -0.2) is 16.7 Å². The molecule has 0 saturated carbocycles. The zero-order chi connectivity index (χ0) is 15.4. The minimum Gasteiger partial charge on any atom is -0.406 e. The molecule has 0 aliphatic carbocycles. The molecule has 0 radical (unpaired) electrons. The smallest absolute Gasteiger partial charge is 0.320 e. The molecule has 21 heavy (non-hydrogen) atoms. The maximum absolute atomic E-state index is 5.67. The van der Waals surface area contributed by atoms with Gasteiger partial charge in [-0.05, 0) is 66.9 Å². The number of hydrogen-bond acceptors (Lipinski definition) is 5. The van der Waals surface area contributed by atoms with Crippen molar-refractivity contribution in [3.05, 3.63) is 33.6 Å². The van der Waals surface area contributed by atoms with E-state index < -0.39 is 0 Å². The Balaban J connectivity index is 2.13. The third kappa shape index (κ3) is 4.04. The van der Waals surface area contributed by atoms with Gasteiger partial charge in [-0.2, -0.15) is 0 Å². The zero-order valence-electron chi connectivity index (χ0n) is 12.8. The van der Waals surface area contributed by atoms with Gasteiger partial charge in [-0.1, -0.05) is 18.1 Å². The first-order valence-electron chi connectivity index (χ1n) is 7.11. The molecule has 1 atom stereocenters. The molecular weight excluding hydrogens is 332 g/mol. The van der Waals surface area contributed by atoms with Gasteiger partial charge in [0.2, 0.25) is 5.89 Å². The average molecular weight is 353 g/mol. The van der Waals surface area contributed by atoms with E-state index in [0.717, 1.165) is 28.7 Å². The second kappa shape index (κ2) is 7.04. The van der Waals surface area contributed by atoms with Crippen LogP contribution >= 0.6 is 15.9 Å². The predicted octanol–water partition coefficient (Wildman–Crippen LogP) is 4.25. The third-order valence-corrected chi connectivity index (χ3v) is 3.80. The van der Waals surface area contributed by atoms with Crippen LogP contribution in [0.3, 0.4) is 0 Å². The molecule has 114 valence electrons. The van der Waals surface area contributed by atoms with Crippen molar-refractivity contribution in [2.45, 2.75) is 40.2 Å². The normalized spacial score (nSPS) is 12.4. The Morgan fingerprint density at radius 3 is 2.71 bits per heavy atom. The molecule has 1 heterocycles. The van der Waals surface area contributed by atoms with Crippen molar-refractivity contribution in [3.63, 3.8) is 0 Å². The highest BCUT2D eigenvalue weighted by molar-refractivity contribution is 9.10. The standard InChI is InChI=1S/C15H21BrN4O/c1-5-6-17-11(4)14-19-20-15(21-14)18-13-10(3)7-9(2)8-12(13)16/h7-8,11,17H,5-6H2,1-4H3,(H,18,20). The number of rotatable bonds is 6. The van der Waals surface area contributed by atoms with Gasteiger partial charge >= 0.3 is 6.01 Å². The van der Waals surface area contributed by atoms with Crippen LogP contribution in [0.5, 0.6) is 0 Å². The van der Waals surface area contributed by atoms with E-state index in [1.807, 2.05) is 13.8 Å². The lowest BCUT2D eigenvalue weighted by molar-refractivity contribution is 0.424. The van der Waals surface area contributed by atoms with Crippen molar-refractivity contribution in [1.29, 1.82) is 0 Å². The second-order valence-corrected chi connectivity index (χ2v) is 6.04. The lowest BCUT2D eigenvalue weighted by atomic mass is 10.1. The molecular formula is C15H21BrN4O. The minimum absolute atomic E-state index is 0.0514. The molecule has 1 unspecified atom stereocenters. The van der Waals surface area contributed by atoms with Gasteiger partial charge in [-0.25, -0.2) is 0 Å². The van der Waals surface area contributed by atoms with E-state index in [4.69, 9.17) is 4.42 Å². The molecule has 0 spiro atoms. The Morgan fingerprint density at radius 2 is 2.05 bits per heavy atom. The number of nitrogens with one attached hydrogen (secondary N) is 2. The minimum atomic E-state index is 0.0514. The molecule has 2 aromatic rings. The molecule has 0 saturated heterocycles. The van der Waals surface area contributed by atoms with Gasteiger partial charge < -0.3 is 15.1 Å². The van der Waals surface area contributed by atoms with Crippen LogP contribution in [0.15, 0.2) is 21.0 Å². The fourth-order valence-electron chi connectivity index (χ4n) is 2.09. The number of anilines is 2. The Kier molecular flexibility index (Phi) is 5.36. The number of aromatic nitrogens is 2. The van der Waals surface area contributed by atoms with Crippen LogP contribution in [0, 0.1) is 13.8 Å². The fourth-order valence-corrected chi connectivity index (χ4v) is 2.86. The summed E-state index contributed by atoms with van der Waals surface area (Å²) in [6, 6.07) is 4.62. The quantitative estimate of drug-likeness (QED) is 0.813. The van der Waals surface area contributed by atoms with Crippen molar-refractivity contribution in [2.24, 2.45) is 0 Å². The van der Waals surface area contributed by atoms with Crippen molar-refractivity contribution in [1.82, 2.24) is 15.5 Å². The Bertz CT molecular complexity index is 588. The number of benzene rings is 1. The summed E-state index contributed by atoms with van der Waals surface area (Å²) in [5.41, 5.74) is 3.28. The van der Waals surface area contributed by atoms with Gasteiger partial charge in [0.05, 0.1) is 11.7 Å². The van der Waals surface area contributed by atoms with Crippen molar-refractivity contribution in [3.8, 4) is 0 Å². The van der Waals surface area contributed by atoms with E-state index in [0.29, 0.717) is 11.9 Å². The number of aryl methyl sites for hydroxylation is 2. The molecule has 1 aromatic heterocycles. The molecule has 0 fully saturated rings. The summed E-state index contributed by atoms with van der Waals surface area (Å²) in [7, 11) is 0. The van der Waals surface area contributed by atoms with Gasteiger partial charge in [0.25, 0.3) is 0 Å². The Hall–Kier alpha value is -1.40. The SMILES string of the molecule is CCCNC(C)c1nnc(Nc2c(C)cc(C)cc2Br)o1. The number of halogens is 1. The Labute approximate surface area is 133 Å². The lowest BCUT2D eigenvalue weighted by Crippen LogP contribution is -2.19. The van der Waals surface area contributed by atoms with Crippen molar-refractivity contribution >= 4 is 27.6 Å². The summed E-state index contributed by atoms with van der Waals surface area (Å²) in [5, 5.41) is 14.6. The van der Waals surface area contributed by atoms with Crippen LogP contribution in [0.25, 0.3) is 0 Å². The molecule has 2 rings (SSSR count). The summed E-state index contributed by atoms with van der Waals surface area (Å²) in [6.45, 7) is 9.17. The monoisotopic (exact) mass is 352 g/mol. The highest BCUT2D eigenvalue weighted by atomic mass is 79.9.